The largest absolute Gasteiger partial charge is 0.492 e. The van der Waals surface area contributed by atoms with Gasteiger partial charge in [0.2, 0.25) is 5.91 Å². The van der Waals surface area contributed by atoms with E-state index in [-0.39, 0.29) is 18.1 Å². The Balaban J connectivity index is 1.74. The fourth-order valence-electron chi connectivity index (χ4n) is 3.00. The molecule has 0 spiro atoms. The topological polar surface area (TPSA) is 58.6 Å². The van der Waals surface area contributed by atoms with E-state index >= 15 is 0 Å². The predicted octanol–water partition coefficient (Wildman–Crippen LogP) is 2.93. The molecule has 2 aromatic rings. The van der Waals surface area contributed by atoms with Crippen LogP contribution in [0.3, 0.4) is 0 Å². The van der Waals surface area contributed by atoms with Gasteiger partial charge in [0.1, 0.15) is 30.2 Å². The van der Waals surface area contributed by atoms with Gasteiger partial charge in [-0.25, -0.2) is 4.39 Å². The number of aliphatic hydroxyl groups is 1. The van der Waals surface area contributed by atoms with E-state index in [1.54, 1.807) is 12.1 Å². The zero-order chi connectivity index (χ0) is 17.1. The monoisotopic (exact) mass is 329 g/mol. The summed E-state index contributed by atoms with van der Waals surface area (Å²) in [5.74, 6) is -0.405. The molecule has 0 radical (unpaired) electrons. The average Bonchev–Trinajstić information content (AvgIpc) is 3.03. The Morgan fingerprint density at radius 2 is 2.00 bits per heavy atom. The van der Waals surface area contributed by atoms with Gasteiger partial charge in [0.05, 0.1) is 6.04 Å². The lowest BCUT2D eigenvalue weighted by molar-refractivity contribution is -0.124. The summed E-state index contributed by atoms with van der Waals surface area (Å²) in [6, 6.07) is 12.9. The van der Waals surface area contributed by atoms with Crippen LogP contribution in [0.2, 0.25) is 0 Å². The van der Waals surface area contributed by atoms with E-state index in [1.807, 2.05) is 31.2 Å². The van der Waals surface area contributed by atoms with E-state index in [9.17, 15) is 14.3 Å². The highest BCUT2D eigenvalue weighted by Gasteiger charge is 2.32. The number of para-hydroxylation sites is 1. The first kappa shape index (κ1) is 16.5. The van der Waals surface area contributed by atoms with E-state index in [1.165, 1.54) is 12.1 Å². The van der Waals surface area contributed by atoms with Crippen molar-refractivity contribution in [1.82, 2.24) is 5.32 Å². The summed E-state index contributed by atoms with van der Waals surface area (Å²) in [7, 11) is 0. The van der Waals surface area contributed by atoms with Crippen LogP contribution in [0.5, 0.6) is 5.75 Å². The molecule has 0 aliphatic carbocycles. The lowest BCUT2D eigenvalue weighted by atomic mass is 9.96. The summed E-state index contributed by atoms with van der Waals surface area (Å²) in [5, 5.41) is 13.3. The highest BCUT2D eigenvalue weighted by atomic mass is 19.1. The first-order chi connectivity index (χ1) is 11.6. The molecule has 1 heterocycles. The van der Waals surface area contributed by atoms with Crippen molar-refractivity contribution in [3.05, 3.63) is 65.5 Å². The Kier molecular flexibility index (Phi) is 4.81. The third-order valence-electron chi connectivity index (χ3n) is 4.39. The van der Waals surface area contributed by atoms with Crippen LogP contribution < -0.4 is 10.1 Å². The van der Waals surface area contributed by atoms with Crippen LogP contribution in [0, 0.1) is 5.82 Å². The van der Waals surface area contributed by atoms with Crippen molar-refractivity contribution in [2.24, 2.45) is 0 Å². The molecular formula is C19H20FNO3. The molecule has 126 valence electrons. The third-order valence-corrected chi connectivity index (χ3v) is 4.39. The number of hydrogen-bond acceptors (Lipinski definition) is 3. The van der Waals surface area contributed by atoms with Gasteiger partial charge in [-0.2, -0.15) is 0 Å². The second-order valence-electron chi connectivity index (χ2n) is 5.89. The predicted molar refractivity (Wildman–Crippen MR) is 88.3 cm³/mol. The Bertz CT molecular complexity index is 734. The Labute approximate surface area is 140 Å². The summed E-state index contributed by atoms with van der Waals surface area (Å²) >= 11 is 0. The number of halogens is 1. The van der Waals surface area contributed by atoms with Gasteiger partial charge in [-0.05, 0) is 18.6 Å². The first-order valence-corrected chi connectivity index (χ1v) is 8.06. The first-order valence-electron chi connectivity index (χ1n) is 8.06. The molecule has 0 unspecified atom stereocenters. The second-order valence-corrected chi connectivity index (χ2v) is 5.89. The lowest BCUT2D eigenvalue weighted by Gasteiger charge is -2.25. The van der Waals surface area contributed by atoms with E-state index < -0.39 is 23.9 Å². The van der Waals surface area contributed by atoms with Crippen LogP contribution in [-0.2, 0) is 4.79 Å². The Morgan fingerprint density at radius 1 is 1.29 bits per heavy atom. The normalized spacial score (nSPS) is 18.4. The van der Waals surface area contributed by atoms with Gasteiger partial charge in [-0.15, -0.1) is 0 Å². The number of carbonyl (C=O) groups excluding carboxylic acids is 1. The zero-order valence-electron chi connectivity index (χ0n) is 13.4. The van der Waals surface area contributed by atoms with E-state index in [0.29, 0.717) is 12.2 Å². The van der Waals surface area contributed by atoms with Crippen LogP contribution in [0.4, 0.5) is 4.39 Å². The Morgan fingerprint density at radius 3 is 2.75 bits per heavy atom. The van der Waals surface area contributed by atoms with Crippen molar-refractivity contribution in [3.8, 4) is 5.75 Å². The maximum Gasteiger partial charge on any atom is 0.231 e. The molecule has 5 heteroatoms. The average molecular weight is 329 g/mol. The quantitative estimate of drug-likeness (QED) is 0.887. The molecule has 3 rings (SSSR count). The van der Waals surface area contributed by atoms with Crippen molar-refractivity contribution < 1.29 is 19.0 Å². The molecule has 4 nitrogen and oxygen atoms in total. The van der Waals surface area contributed by atoms with Gasteiger partial charge in [-0.3, -0.25) is 4.79 Å². The molecule has 1 aliphatic rings. The molecule has 24 heavy (non-hydrogen) atoms. The van der Waals surface area contributed by atoms with Gasteiger partial charge in [0.25, 0.3) is 0 Å². The maximum absolute atomic E-state index is 13.9. The van der Waals surface area contributed by atoms with Crippen molar-refractivity contribution in [3.63, 3.8) is 0 Å². The second kappa shape index (κ2) is 7.01. The van der Waals surface area contributed by atoms with E-state index in [2.05, 4.69) is 5.32 Å². The minimum Gasteiger partial charge on any atom is -0.492 e. The van der Waals surface area contributed by atoms with Gasteiger partial charge < -0.3 is 15.2 Å². The summed E-state index contributed by atoms with van der Waals surface area (Å²) in [4.78, 5) is 12.6. The molecule has 2 aromatic carbocycles. The molecule has 2 N–H and O–H groups in total. The molecule has 0 aromatic heterocycles. The van der Waals surface area contributed by atoms with Crippen LogP contribution in [0.15, 0.2) is 48.5 Å². The molecule has 1 aliphatic heterocycles. The van der Waals surface area contributed by atoms with Crippen molar-refractivity contribution in [1.29, 1.82) is 0 Å². The van der Waals surface area contributed by atoms with Crippen LogP contribution in [-0.4, -0.2) is 23.7 Å². The SMILES string of the molecule is CC[C@H](NC(=O)[C@@H]1COc2ccccc21)[C@@H](O)c1ccccc1F. The Hall–Kier alpha value is -2.40. The van der Waals surface area contributed by atoms with Crippen LogP contribution >= 0.6 is 0 Å². The number of nitrogens with one attached hydrogen (secondary N) is 1. The summed E-state index contributed by atoms with van der Waals surface area (Å²) in [5.41, 5.74) is 1.03. The number of ether oxygens (including phenoxy) is 1. The molecule has 3 atom stereocenters. The molecule has 0 bridgehead atoms. The number of rotatable bonds is 5. The van der Waals surface area contributed by atoms with E-state index in [0.717, 1.165) is 5.56 Å². The van der Waals surface area contributed by atoms with Gasteiger partial charge >= 0.3 is 0 Å². The van der Waals surface area contributed by atoms with E-state index in [4.69, 9.17) is 4.74 Å². The molecule has 0 saturated heterocycles. The number of fused-ring (bicyclic) bond motifs is 1. The van der Waals surface area contributed by atoms with Gasteiger partial charge in [0.15, 0.2) is 0 Å². The zero-order valence-corrected chi connectivity index (χ0v) is 13.4. The maximum atomic E-state index is 13.9. The minimum absolute atomic E-state index is 0.188. The molecule has 0 saturated carbocycles. The minimum atomic E-state index is -1.10. The van der Waals surface area contributed by atoms with Crippen molar-refractivity contribution in [2.75, 3.05) is 6.61 Å². The molecule has 1 amide bonds. The number of carbonyl (C=O) groups is 1. The number of aliphatic hydroxyl groups excluding tert-OH is 1. The van der Waals surface area contributed by atoms with Gasteiger partial charge in [-0.1, -0.05) is 43.3 Å². The summed E-state index contributed by atoms with van der Waals surface area (Å²) in [6.07, 6.45) is -0.617. The summed E-state index contributed by atoms with van der Waals surface area (Å²) < 4.78 is 19.4. The number of benzene rings is 2. The van der Waals surface area contributed by atoms with Crippen molar-refractivity contribution >= 4 is 5.91 Å². The van der Waals surface area contributed by atoms with Crippen molar-refractivity contribution in [2.45, 2.75) is 31.4 Å². The highest BCUT2D eigenvalue weighted by molar-refractivity contribution is 5.85. The van der Waals surface area contributed by atoms with Crippen LogP contribution in [0.1, 0.15) is 36.5 Å². The summed E-state index contributed by atoms with van der Waals surface area (Å²) in [6.45, 7) is 2.12. The molecular weight excluding hydrogens is 309 g/mol. The highest BCUT2D eigenvalue weighted by Crippen LogP contribution is 2.34. The van der Waals surface area contributed by atoms with Gasteiger partial charge in [0, 0.05) is 11.1 Å². The fraction of sp³-hybridized carbons (Fsp3) is 0.316. The van der Waals surface area contributed by atoms with Crippen LogP contribution in [0.25, 0.3) is 0 Å². The fourth-order valence-corrected chi connectivity index (χ4v) is 3.00. The smallest absolute Gasteiger partial charge is 0.231 e. The standard InChI is InChI=1S/C19H20FNO3/c1-2-16(18(22)13-8-3-5-9-15(13)20)21-19(23)14-11-24-17-10-6-4-7-12(14)17/h3-10,14,16,18,22H,2,11H2,1H3,(H,21,23)/t14-,16+,18+/m1/s1. The molecule has 0 fully saturated rings. The lowest BCUT2D eigenvalue weighted by Crippen LogP contribution is -2.42. The third kappa shape index (κ3) is 3.12. The number of hydrogen-bond donors (Lipinski definition) is 2. The number of amides is 1.